The van der Waals surface area contributed by atoms with Crippen molar-refractivity contribution in [2.45, 2.75) is 44.0 Å². The molecule has 8 heteroatoms. The van der Waals surface area contributed by atoms with Gasteiger partial charge in [-0.25, -0.2) is 13.1 Å². The van der Waals surface area contributed by atoms with Gasteiger partial charge in [0.15, 0.2) is 0 Å². The lowest BCUT2D eigenvalue weighted by Gasteiger charge is -2.26. The molecule has 0 aliphatic carbocycles. The van der Waals surface area contributed by atoms with Gasteiger partial charge < -0.3 is 11.1 Å². The van der Waals surface area contributed by atoms with Crippen LogP contribution in [0.4, 0.5) is 5.69 Å². The third-order valence-electron chi connectivity index (χ3n) is 3.51. The summed E-state index contributed by atoms with van der Waals surface area (Å²) in [6.07, 6.45) is 1.38. The summed E-state index contributed by atoms with van der Waals surface area (Å²) in [5, 5.41) is 2.58. The minimum absolute atomic E-state index is 0. The first-order valence-corrected chi connectivity index (χ1v) is 8.37. The van der Waals surface area contributed by atoms with Crippen LogP contribution in [0.2, 0.25) is 0 Å². The molecule has 0 saturated carbocycles. The second-order valence-electron chi connectivity index (χ2n) is 5.10. The standard InChI is InChI=1S/C14H23N3O3S.ClH/c1-4-14(15,5-2)10-16-21(19,20)13-8-6-12(7-9-13)17-11(3)18;/h6-9,16H,4-5,10,15H2,1-3H3,(H,17,18);1H. The zero-order chi connectivity index (χ0) is 16.1. The predicted octanol–water partition coefficient (Wildman–Crippen LogP) is 1.86. The maximum Gasteiger partial charge on any atom is 0.240 e. The summed E-state index contributed by atoms with van der Waals surface area (Å²) in [7, 11) is -3.60. The Morgan fingerprint density at radius 3 is 2.09 bits per heavy atom. The summed E-state index contributed by atoms with van der Waals surface area (Å²) < 4.78 is 26.9. The van der Waals surface area contributed by atoms with Crippen molar-refractivity contribution in [3.05, 3.63) is 24.3 Å². The van der Waals surface area contributed by atoms with Gasteiger partial charge in [0.25, 0.3) is 0 Å². The number of hydrogen-bond acceptors (Lipinski definition) is 4. The summed E-state index contributed by atoms with van der Waals surface area (Å²) >= 11 is 0. The van der Waals surface area contributed by atoms with E-state index in [1.54, 1.807) is 12.1 Å². The first-order valence-electron chi connectivity index (χ1n) is 6.88. The quantitative estimate of drug-likeness (QED) is 0.699. The van der Waals surface area contributed by atoms with Gasteiger partial charge in [0.05, 0.1) is 4.90 Å². The zero-order valence-corrected chi connectivity index (χ0v) is 14.7. The second kappa shape index (κ2) is 8.47. The highest BCUT2D eigenvalue weighted by atomic mass is 35.5. The van der Waals surface area contributed by atoms with E-state index in [1.807, 2.05) is 13.8 Å². The van der Waals surface area contributed by atoms with E-state index in [0.717, 1.165) is 0 Å². The maximum absolute atomic E-state index is 12.2. The lowest BCUT2D eigenvalue weighted by atomic mass is 9.95. The van der Waals surface area contributed by atoms with Gasteiger partial charge in [0.1, 0.15) is 0 Å². The molecule has 1 amide bonds. The highest BCUT2D eigenvalue weighted by molar-refractivity contribution is 7.89. The van der Waals surface area contributed by atoms with E-state index in [-0.39, 0.29) is 29.8 Å². The summed E-state index contributed by atoms with van der Waals surface area (Å²) in [5.41, 5.74) is 6.10. The Bertz CT molecular complexity index is 584. The Kier molecular flexibility index (Phi) is 8.03. The van der Waals surface area contributed by atoms with Crippen LogP contribution in [0.3, 0.4) is 0 Å². The van der Waals surface area contributed by atoms with Gasteiger partial charge in [0.2, 0.25) is 15.9 Å². The SMILES string of the molecule is CCC(N)(CC)CNS(=O)(=O)c1ccc(NC(C)=O)cc1.Cl. The number of carbonyl (C=O) groups excluding carboxylic acids is 1. The van der Waals surface area contributed by atoms with E-state index >= 15 is 0 Å². The molecular weight excluding hydrogens is 326 g/mol. The number of nitrogens with two attached hydrogens (primary N) is 1. The molecule has 1 aromatic rings. The molecule has 4 N–H and O–H groups in total. The Morgan fingerprint density at radius 1 is 1.18 bits per heavy atom. The fourth-order valence-corrected chi connectivity index (χ4v) is 2.88. The molecule has 126 valence electrons. The highest BCUT2D eigenvalue weighted by Gasteiger charge is 2.23. The molecule has 0 heterocycles. The number of benzene rings is 1. The van der Waals surface area contributed by atoms with Gasteiger partial charge in [-0.05, 0) is 37.1 Å². The smallest absolute Gasteiger partial charge is 0.240 e. The van der Waals surface area contributed by atoms with Crippen molar-refractivity contribution in [2.24, 2.45) is 5.73 Å². The number of halogens is 1. The fourth-order valence-electron chi connectivity index (χ4n) is 1.74. The molecule has 22 heavy (non-hydrogen) atoms. The van der Waals surface area contributed by atoms with E-state index in [9.17, 15) is 13.2 Å². The van der Waals surface area contributed by atoms with Crippen LogP contribution in [-0.2, 0) is 14.8 Å². The van der Waals surface area contributed by atoms with Crippen LogP contribution in [0.15, 0.2) is 29.2 Å². The normalized spacial score (nSPS) is 11.6. The largest absolute Gasteiger partial charge is 0.326 e. The third kappa shape index (κ3) is 5.92. The van der Waals surface area contributed by atoms with Crippen molar-refractivity contribution in [1.29, 1.82) is 0 Å². The number of rotatable bonds is 7. The molecular formula is C14H24ClN3O3S. The molecule has 6 nitrogen and oxygen atoms in total. The van der Waals surface area contributed by atoms with E-state index in [4.69, 9.17) is 5.73 Å². The van der Waals surface area contributed by atoms with Crippen molar-refractivity contribution in [1.82, 2.24) is 4.72 Å². The lowest BCUT2D eigenvalue weighted by molar-refractivity contribution is -0.114. The summed E-state index contributed by atoms with van der Waals surface area (Å²) in [4.78, 5) is 11.1. The molecule has 1 aromatic carbocycles. The zero-order valence-electron chi connectivity index (χ0n) is 13.0. The number of nitrogens with one attached hydrogen (secondary N) is 2. The summed E-state index contributed by atoms with van der Waals surface area (Å²) in [5.74, 6) is -0.206. The Balaban J connectivity index is 0.00000441. The highest BCUT2D eigenvalue weighted by Crippen LogP contribution is 2.15. The summed E-state index contributed by atoms with van der Waals surface area (Å²) in [6, 6.07) is 5.99. The molecule has 1 rings (SSSR count). The molecule has 0 aliphatic rings. The lowest BCUT2D eigenvalue weighted by Crippen LogP contribution is -2.49. The van der Waals surface area contributed by atoms with Gasteiger partial charge in [-0.2, -0.15) is 0 Å². The number of sulfonamides is 1. The minimum atomic E-state index is -3.60. The molecule has 0 atom stereocenters. The van der Waals surface area contributed by atoms with Crippen LogP contribution in [0, 0.1) is 0 Å². The molecule has 0 bridgehead atoms. The van der Waals surface area contributed by atoms with Crippen LogP contribution < -0.4 is 15.8 Å². The Morgan fingerprint density at radius 2 is 1.68 bits per heavy atom. The van der Waals surface area contributed by atoms with Crippen LogP contribution in [0.1, 0.15) is 33.6 Å². The Hall–Kier alpha value is -1.15. The number of amides is 1. The van der Waals surface area contributed by atoms with Crippen molar-refractivity contribution in [3.63, 3.8) is 0 Å². The average Bonchev–Trinajstić information content (AvgIpc) is 2.45. The molecule has 0 saturated heterocycles. The van der Waals surface area contributed by atoms with Crippen molar-refractivity contribution < 1.29 is 13.2 Å². The van der Waals surface area contributed by atoms with Crippen molar-refractivity contribution in [3.8, 4) is 0 Å². The second-order valence-corrected chi connectivity index (χ2v) is 6.87. The first-order chi connectivity index (χ1) is 9.72. The van der Waals surface area contributed by atoms with E-state index in [2.05, 4.69) is 10.0 Å². The minimum Gasteiger partial charge on any atom is -0.326 e. The van der Waals surface area contributed by atoms with Crippen molar-refractivity contribution >= 4 is 34.0 Å². The molecule has 0 spiro atoms. The van der Waals surface area contributed by atoms with Gasteiger partial charge in [0, 0.05) is 24.7 Å². The molecule has 0 unspecified atom stereocenters. The van der Waals surface area contributed by atoms with Crippen LogP contribution >= 0.6 is 12.4 Å². The number of carbonyl (C=O) groups is 1. The third-order valence-corrected chi connectivity index (χ3v) is 4.92. The summed E-state index contributed by atoms with van der Waals surface area (Å²) in [6.45, 7) is 5.44. The van der Waals surface area contributed by atoms with E-state index < -0.39 is 15.6 Å². The van der Waals surface area contributed by atoms with Crippen LogP contribution in [-0.4, -0.2) is 26.4 Å². The average molecular weight is 350 g/mol. The van der Waals surface area contributed by atoms with Crippen molar-refractivity contribution in [2.75, 3.05) is 11.9 Å². The van der Waals surface area contributed by atoms with Gasteiger partial charge >= 0.3 is 0 Å². The van der Waals surface area contributed by atoms with Crippen LogP contribution in [0.5, 0.6) is 0 Å². The molecule has 0 aromatic heterocycles. The van der Waals surface area contributed by atoms with Gasteiger partial charge in [-0.3, -0.25) is 4.79 Å². The number of anilines is 1. The maximum atomic E-state index is 12.2. The van der Waals surface area contributed by atoms with Gasteiger partial charge in [-0.15, -0.1) is 12.4 Å². The van der Waals surface area contributed by atoms with Crippen LogP contribution in [0.25, 0.3) is 0 Å². The molecule has 0 aliphatic heterocycles. The van der Waals surface area contributed by atoms with E-state index in [0.29, 0.717) is 18.5 Å². The Labute approximate surface area is 138 Å². The topological polar surface area (TPSA) is 101 Å². The number of hydrogen-bond donors (Lipinski definition) is 3. The predicted molar refractivity (Wildman–Crippen MR) is 90.7 cm³/mol. The first kappa shape index (κ1) is 20.9. The van der Waals surface area contributed by atoms with E-state index in [1.165, 1.54) is 19.1 Å². The molecule has 0 radical (unpaired) electrons. The fraction of sp³-hybridized carbons (Fsp3) is 0.500. The van der Waals surface area contributed by atoms with Gasteiger partial charge in [-0.1, -0.05) is 13.8 Å². The molecule has 0 fully saturated rings. The monoisotopic (exact) mass is 349 g/mol.